The maximum atomic E-state index is 12.3. The summed E-state index contributed by atoms with van der Waals surface area (Å²) in [6.07, 6.45) is 31.0. The maximum Gasteiger partial charge on any atom is 0.472 e. The highest BCUT2D eigenvalue weighted by Gasteiger charge is 2.27. The van der Waals surface area contributed by atoms with Crippen LogP contribution in [0.15, 0.2) is 48.6 Å². The Bertz CT molecular complexity index is 931. The molecule has 3 unspecified atom stereocenters. The summed E-state index contributed by atoms with van der Waals surface area (Å²) in [5, 5.41) is 19.0. The van der Waals surface area contributed by atoms with Gasteiger partial charge in [-0.1, -0.05) is 101 Å². The van der Waals surface area contributed by atoms with Gasteiger partial charge in [0, 0.05) is 12.8 Å². The summed E-state index contributed by atoms with van der Waals surface area (Å²) < 4.78 is 32.3. The molecule has 0 bridgehead atoms. The molecular weight excluding hydrogens is 623 g/mol. The summed E-state index contributed by atoms with van der Waals surface area (Å²) >= 11 is 0. The number of phosphoric ester groups is 1. The Morgan fingerprint density at radius 1 is 0.596 bits per heavy atom. The Morgan fingerprint density at radius 3 is 1.49 bits per heavy atom. The predicted octanol–water partition coefficient (Wildman–Crippen LogP) is 8.21. The van der Waals surface area contributed by atoms with Crippen molar-refractivity contribution < 1.29 is 47.8 Å². The van der Waals surface area contributed by atoms with Gasteiger partial charge in [0.2, 0.25) is 0 Å². The van der Waals surface area contributed by atoms with Gasteiger partial charge in [-0.05, 0) is 64.2 Å². The Labute approximate surface area is 283 Å². The van der Waals surface area contributed by atoms with E-state index in [4.69, 9.17) is 18.5 Å². The largest absolute Gasteiger partial charge is 0.472 e. The zero-order valence-corrected chi connectivity index (χ0v) is 29.9. The molecule has 0 radical (unpaired) electrons. The van der Waals surface area contributed by atoms with Crippen LogP contribution in [-0.4, -0.2) is 65.7 Å². The number of ether oxygens (including phenoxy) is 2. The molecule has 47 heavy (non-hydrogen) atoms. The highest BCUT2D eigenvalue weighted by atomic mass is 31.2. The minimum atomic E-state index is -4.64. The van der Waals surface area contributed by atoms with E-state index < -0.39 is 58.4 Å². The zero-order chi connectivity index (χ0) is 34.9. The number of aliphatic hydroxyl groups is 2. The SMILES string of the molecule is CC/C=C\C/C=C\C/C=C\CCCCCC(=O)OC(CO)COP(=O)(O)OCC(CO)OC(=O)CCCCCCC/C=C\CCCC. The van der Waals surface area contributed by atoms with E-state index in [9.17, 15) is 29.3 Å². The fourth-order valence-electron chi connectivity index (χ4n) is 4.28. The van der Waals surface area contributed by atoms with Gasteiger partial charge in [-0.2, -0.15) is 0 Å². The van der Waals surface area contributed by atoms with Crippen LogP contribution in [-0.2, 0) is 32.7 Å². The van der Waals surface area contributed by atoms with E-state index in [0.29, 0.717) is 12.8 Å². The van der Waals surface area contributed by atoms with Gasteiger partial charge in [0.15, 0.2) is 0 Å². The number of esters is 2. The van der Waals surface area contributed by atoms with Gasteiger partial charge < -0.3 is 24.6 Å². The van der Waals surface area contributed by atoms with E-state index in [1.165, 1.54) is 12.8 Å². The van der Waals surface area contributed by atoms with Crippen LogP contribution < -0.4 is 0 Å². The van der Waals surface area contributed by atoms with Crippen LogP contribution >= 0.6 is 7.82 Å². The summed E-state index contributed by atoms with van der Waals surface area (Å²) in [5.74, 6) is -1.07. The maximum absolute atomic E-state index is 12.3. The van der Waals surface area contributed by atoms with E-state index in [2.05, 4.69) is 62.5 Å². The molecule has 0 fully saturated rings. The van der Waals surface area contributed by atoms with E-state index in [1.807, 2.05) is 0 Å². The molecular formula is C36H63O10P. The van der Waals surface area contributed by atoms with Gasteiger partial charge in [-0.25, -0.2) is 4.57 Å². The standard InChI is InChI=1S/C36H63O10P/c1-3-5-7-9-11-13-15-16-18-20-22-24-26-28-36(40)46-34(30-38)32-44-47(41,42)43-31-33(29-37)45-35(39)27-25-23-21-19-17-14-12-10-8-6-4-2/h5,7,10-13,16,18,33-34,37-38H,3-4,6,8-9,14-15,17,19-32H2,1-2H3,(H,41,42)/b7-5-,12-10-,13-11-,18-16-. The Balaban J connectivity index is 4.09. The molecule has 0 aromatic heterocycles. The molecule has 0 aliphatic rings. The molecule has 10 nitrogen and oxygen atoms in total. The van der Waals surface area contributed by atoms with Crippen LogP contribution in [0.2, 0.25) is 0 Å². The lowest BCUT2D eigenvalue weighted by molar-refractivity contribution is -0.153. The van der Waals surface area contributed by atoms with Crippen molar-refractivity contribution in [1.29, 1.82) is 0 Å². The highest BCUT2D eigenvalue weighted by Crippen LogP contribution is 2.43. The van der Waals surface area contributed by atoms with Gasteiger partial charge in [-0.15, -0.1) is 0 Å². The molecule has 0 aliphatic heterocycles. The Kier molecular flexibility index (Phi) is 31.0. The van der Waals surface area contributed by atoms with Crippen molar-refractivity contribution in [1.82, 2.24) is 0 Å². The molecule has 11 heteroatoms. The molecule has 0 saturated heterocycles. The first-order valence-corrected chi connectivity index (χ1v) is 19.1. The zero-order valence-electron chi connectivity index (χ0n) is 29.0. The molecule has 0 aromatic rings. The molecule has 0 saturated carbocycles. The van der Waals surface area contributed by atoms with Crippen LogP contribution in [0.5, 0.6) is 0 Å². The lowest BCUT2D eigenvalue weighted by Gasteiger charge is -2.20. The van der Waals surface area contributed by atoms with Crippen LogP contribution in [0.4, 0.5) is 0 Å². The lowest BCUT2D eigenvalue weighted by atomic mass is 10.1. The quantitative estimate of drug-likeness (QED) is 0.0274. The van der Waals surface area contributed by atoms with Gasteiger partial charge in [0.05, 0.1) is 26.4 Å². The number of phosphoric acid groups is 1. The molecule has 0 aromatic carbocycles. The Morgan fingerprint density at radius 2 is 1.00 bits per heavy atom. The summed E-state index contributed by atoms with van der Waals surface area (Å²) in [7, 11) is -4.64. The van der Waals surface area contributed by atoms with Crippen LogP contribution in [0.1, 0.15) is 129 Å². The fraction of sp³-hybridized carbons (Fsp3) is 0.722. The molecule has 272 valence electrons. The van der Waals surface area contributed by atoms with Gasteiger partial charge in [-0.3, -0.25) is 18.6 Å². The number of carbonyl (C=O) groups excluding carboxylic acids is 2. The van der Waals surface area contributed by atoms with Crippen molar-refractivity contribution >= 4 is 19.8 Å². The van der Waals surface area contributed by atoms with E-state index in [-0.39, 0.29) is 12.8 Å². The number of aliphatic hydroxyl groups excluding tert-OH is 2. The lowest BCUT2D eigenvalue weighted by Crippen LogP contribution is -2.28. The first kappa shape index (κ1) is 44.9. The van der Waals surface area contributed by atoms with Crippen molar-refractivity contribution in [3.05, 3.63) is 48.6 Å². The number of hydrogen-bond acceptors (Lipinski definition) is 9. The molecule has 0 spiro atoms. The number of allylic oxidation sites excluding steroid dienone is 8. The van der Waals surface area contributed by atoms with Crippen molar-refractivity contribution in [2.45, 2.75) is 142 Å². The van der Waals surface area contributed by atoms with E-state index in [1.54, 1.807) is 0 Å². The summed E-state index contributed by atoms with van der Waals surface area (Å²) in [6.45, 7) is 1.96. The first-order chi connectivity index (χ1) is 22.8. The molecule has 3 N–H and O–H groups in total. The highest BCUT2D eigenvalue weighted by molar-refractivity contribution is 7.47. The van der Waals surface area contributed by atoms with Crippen LogP contribution in [0, 0.1) is 0 Å². The summed E-state index contributed by atoms with van der Waals surface area (Å²) in [6, 6.07) is 0. The second-order valence-electron chi connectivity index (χ2n) is 11.5. The molecule has 3 atom stereocenters. The Hall–Kier alpha value is -2.07. The molecule has 0 rings (SSSR count). The van der Waals surface area contributed by atoms with Gasteiger partial charge >= 0.3 is 19.8 Å². The van der Waals surface area contributed by atoms with Gasteiger partial charge in [0.25, 0.3) is 0 Å². The smallest absolute Gasteiger partial charge is 0.457 e. The normalized spacial score (nSPS) is 14.7. The number of rotatable bonds is 32. The minimum Gasteiger partial charge on any atom is -0.457 e. The van der Waals surface area contributed by atoms with Crippen molar-refractivity contribution in [2.75, 3.05) is 26.4 Å². The molecule has 0 amide bonds. The number of hydrogen-bond donors (Lipinski definition) is 3. The van der Waals surface area contributed by atoms with E-state index >= 15 is 0 Å². The average Bonchev–Trinajstić information content (AvgIpc) is 3.05. The summed E-state index contributed by atoms with van der Waals surface area (Å²) in [4.78, 5) is 34.2. The van der Waals surface area contributed by atoms with Crippen molar-refractivity contribution in [3.8, 4) is 0 Å². The second-order valence-corrected chi connectivity index (χ2v) is 12.9. The third-order valence-electron chi connectivity index (χ3n) is 7.03. The second kappa shape index (κ2) is 32.5. The molecule has 0 heterocycles. The predicted molar refractivity (Wildman–Crippen MR) is 187 cm³/mol. The fourth-order valence-corrected chi connectivity index (χ4v) is 5.07. The molecule has 0 aliphatic carbocycles. The number of unbranched alkanes of at least 4 members (excludes halogenated alkanes) is 10. The third-order valence-corrected chi connectivity index (χ3v) is 7.98. The van der Waals surface area contributed by atoms with E-state index in [0.717, 1.165) is 77.0 Å². The van der Waals surface area contributed by atoms with Crippen molar-refractivity contribution in [3.63, 3.8) is 0 Å². The average molecular weight is 687 g/mol. The topological polar surface area (TPSA) is 149 Å². The van der Waals surface area contributed by atoms with Crippen LogP contribution in [0.3, 0.4) is 0 Å². The van der Waals surface area contributed by atoms with Gasteiger partial charge in [0.1, 0.15) is 12.2 Å². The number of carbonyl (C=O) groups is 2. The minimum absolute atomic E-state index is 0.155. The van der Waals surface area contributed by atoms with Crippen LogP contribution in [0.25, 0.3) is 0 Å². The summed E-state index contributed by atoms with van der Waals surface area (Å²) in [5.41, 5.74) is 0. The third kappa shape index (κ3) is 31.0. The monoisotopic (exact) mass is 686 g/mol. The van der Waals surface area contributed by atoms with Crippen molar-refractivity contribution in [2.24, 2.45) is 0 Å². The first-order valence-electron chi connectivity index (χ1n) is 17.6.